The number of urea groups is 1. The highest BCUT2D eigenvalue weighted by Crippen LogP contribution is 2.31. The van der Waals surface area contributed by atoms with E-state index in [0.29, 0.717) is 32.5 Å². The molecule has 0 atom stereocenters. The van der Waals surface area contributed by atoms with Crippen molar-refractivity contribution in [1.29, 1.82) is 0 Å². The van der Waals surface area contributed by atoms with Gasteiger partial charge in [-0.2, -0.15) is 0 Å². The molecule has 0 aliphatic carbocycles. The van der Waals surface area contributed by atoms with Crippen molar-refractivity contribution in [3.05, 3.63) is 0 Å². The molecule has 20 heavy (non-hydrogen) atoms. The number of carboxylic acids is 1. The Morgan fingerprint density at radius 3 is 2.15 bits per heavy atom. The Morgan fingerprint density at radius 2 is 1.80 bits per heavy atom. The number of carbonyl (C=O) groups is 2. The van der Waals surface area contributed by atoms with Gasteiger partial charge in [-0.25, -0.2) is 4.79 Å². The minimum absolute atomic E-state index is 0.123. The summed E-state index contributed by atoms with van der Waals surface area (Å²) in [7, 11) is 0. The van der Waals surface area contributed by atoms with Gasteiger partial charge in [0.25, 0.3) is 0 Å². The maximum Gasteiger partial charge on any atom is 0.320 e. The maximum absolute atomic E-state index is 12.4. The van der Waals surface area contributed by atoms with E-state index < -0.39 is 17.0 Å². The lowest BCUT2D eigenvalue weighted by Crippen LogP contribution is -2.52. The molecule has 0 aromatic heterocycles. The van der Waals surface area contributed by atoms with Crippen LogP contribution in [-0.2, 0) is 4.79 Å². The van der Waals surface area contributed by atoms with E-state index in [9.17, 15) is 19.8 Å². The second kappa shape index (κ2) is 5.99. The summed E-state index contributed by atoms with van der Waals surface area (Å²) in [6, 6.07) is -0.123. The number of carbonyl (C=O) groups excluding carboxylic acids is 1. The molecule has 0 radical (unpaired) electrons. The lowest BCUT2D eigenvalue weighted by molar-refractivity contribution is -0.150. The van der Waals surface area contributed by atoms with Gasteiger partial charge in [0.15, 0.2) is 0 Å². The van der Waals surface area contributed by atoms with Gasteiger partial charge >= 0.3 is 12.0 Å². The van der Waals surface area contributed by atoms with Crippen molar-refractivity contribution in [2.24, 2.45) is 5.41 Å². The van der Waals surface area contributed by atoms with E-state index in [1.807, 2.05) is 6.92 Å². The third-order valence-corrected chi connectivity index (χ3v) is 3.88. The molecule has 0 aromatic carbocycles. The first kappa shape index (κ1) is 16.8. The average molecular weight is 286 g/mol. The summed E-state index contributed by atoms with van der Waals surface area (Å²) in [4.78, 5) is 26.8. The van der Waals surface area contributed by atoms with Crippen LogP contribution in [0.5, 0.6) is 0 Å². The van der Waals surface area contributed by atoms with Crippen LogP contribution in [0.1, 0.15) is 40.5 Å². The largest absolute Gasteiger partial charge is 0.481 e. The van der Waals surface area contributed by atoms with Crippen LogP contribution in [0.3, 0.4) is 0 Å². The molecule has 1 aliphatic rings. The first-order chi connectivity index (χ1) is 9.09. The van der Waals surface area contributed by atoms with Gasteiger partial charge in [0.05, 0.1) is 17.6 Å². The molecule has 6 nitrogen and oxygen atoms in total. The highest BCUT2D eigenvalue weighted by Gasteiger charge is 2.39. The fourth-order valence-electron chi connectivity index (χ4n) is 2.39. The first-order valence-corrected chi connectivity index (χ1v) is 7.09. The van der Waals surface area contributed by atoms with E-state index in [1.165, 1.54) is 0 Å². The minimum Gasteiger partial charge on any atom is -0.481 e. The summed E-state index contributed by atoms with van der Waals surface area (Å²) >= 11 is 0. The summed E-state index contributed by atoms with van der Waals surface area (Å²) < 4.78 is 0. The topological polar surface area (TPSA) is 81.1 Å². The number of hydrogen-bond donors (Lipinski definition) is 2. The number of hydrogen-bond acceptors (Lipinski definition) is 3. The van der Waals surface area contributed by atoms with Crippen molar-refractivity contribution in [1.82, 2.24) is 9.80 Å². The van der Waals surface area contributed by atoms with Crippen LogP contribution in [-0.4, -0.2) is 63.8 Å². The van der Waals surface area contributed by atoms with Gasteiger partial charge in [0.2, 0.25) is 0 Å². The lowest BCUT2D eigenvalue weighted by atomic mass is 9.80. The van der Waals surface area contributed by atoms with Gasteiger partial charge in [-0.3, -0.25) is 4.79 Å². The van der Waals surface area contributed by atoms with Crippen LogP contribution in [0.4, 0.5) is 4.79 Å². The molecule has 0 unspecified atom stereocenters. The SMILES string of the molecule is CCN(CC(C)(C)O)C(=O)N1CCC(C)(C(=O)O)CC1. The van der Waals surface area contributed by atoms with Crippen LogP contribution < -0.4 is 0 Å². The van der Waals surface area contributed by atoms with Crippen molar-refractivity contribution < 1.29 is 19.8 Å². The Morgan fingerprint density at radius 1 is 1.30 bits per heavy atom. The molecule has 1 fully saturated rings. The van der Waals surface area contributed by atoms with Crippen LogP contribution >= 0.6 is 0 Å². The van der Waals surface area contributed by atoms with Gasteiger partial charge in [-0.15, -0.1) is 0 Å². The van der Waals surface area contributed by atoms with Crippen molar-refractivity contribution in [3.8, 4) is 0 Å². The van der Waals surface area contributed by atoms with Gasteiger partial charge in [0.1, 0.15) is 0 Å². The van der Waals surface area contributed by atoms with E-state index in [1.54, 1.807) is 30.6 Å². The predicted octanol–water partition coefficient (Wildman–Crippen LogP) is 1.39. The van der Waals surface area contributed by atoms with Gasteiger partial charge in [-0.05, 0) is 40.5 Å². The smallest absolute Gasteiger partial charge is 0.320 e. The normalized spacial score (nSPS) is 18.8. The quantitative estimate of drug-likeness (QED) is 0.818. The number of carboxylic acid groups (broad SMARTS) is 1. The number of likely N-dealkylation sites (N-methyl/N-ethyl adjacent to an activating group) is 1. The molecule has 1 heterocycles. The summed E-state index contributed by atoms with van der Waals surface area (Å²) in [5, 5.41) is 19.0. The molecule has 1 aliphatic heterocycles. The van der Waals surface area contributed by atoms with Crippen molar-refractivity contribution in [3.63, 3.8) is 0 Å². The molecule has 2 amide bonds. The zero-order valence-corrected chi connectivity index (χ0v) is 12.8. The first-order valence-electron chi connectivity index (χ1n) is 7.09. The second-order valence-corrected chi connectivity index (χ2v) is 6.46. The highest BCUT2D eigenvalue weighted by atomic mass is 16.4. The van der Waals surface area contributed by atoms with Crippen LogP contribution in [0, 0.1) is 5.41 Å². The Hall–Kier alpha value is -1.30. The number of likely N-dealkylation sites (tertiary alicyclic amines) is 1. The Balaban J connectivity index is 2.64. The second-order valence-electron chi connectivity index (χ2n) is 6.46. The maximum atomic E-state index is 12.4. The number of piperidine rings is 1. The summed E-state index contributed by atoms with van der Waals surface area (Å²) in [5.74, 6) is -0.798. The number of amides is 2. The minimum atomic E-state index is -0.933. The fraction of sp³-hybridized carbons (Fsp3) is 0.857. The third-order valence-electron chi connectivity index (χ3n) is 3.88. The average Bonchev–Trinajstić information content (AvgIpc) is 2.35. The van der Waals surface area contributed by atoms with Gasteiger partial charge < -0.3 is 20.0 Å². The third kappa shape index (κ3) is 4.10. The molecule has 1 rings (SSSR count). The van der Waals surface area contributed by atoms with E-state index in [2.05, 4.69) is 0 Å². The molecular formula is C14H26N2O4. The number of aliphatic carboxylic acids is 1. The lowest BCUT2D eigenvalue weighted by Gasteiger charge is -2.39. The van der Waals surface area contributed by atoms with Crippen molar-refractivity contribution >= 4 is 12.0 Å². The zero-order valence-electron chi connectivity index (χ0n) is 12.8. The Kier molecular flexibility index (Phi) is 5.02. The summed E-state index contributed by atoms with van der Waals surface area (Å²) in [5.41, 5.74) is -1.67. The summed E-state index contributed by atoms with van der Waals surface area (Å²) in [6.45, 7) is 8.63. The molecule has 2 N–H and O–H groups in total. The molecule has 1 saturated heterocycles. The van der Waals surface area contributed by atoms with Crippen LogP contribution in [0.25, 0.3) is 0 Å². The fourth-order valence-corrected chi connectivity index (χ4v) is 2.39. The highest BCUT2D eigenvalue weighted by molar-refractivity contribution is 5.77. The van der Waals surface area contributed by atoms with Gasteiger partial charge in [0, 0.05) is 19.6 Å². The number of aliphatic hydroxyl groups is 1. The Labute approximate surface area is 120 Å². The molecule has 0 saturated carbocycles. The van der Waals surface area contributed by atoms with E-state index in [-0.39, 0.29) is 12.6 Å². The summed E-state index contributed by atoms with van der Waals surface area (Å²) in [6.07, 6.45) is 0.933. The molecule has 0 bridgehead atoms. The molecule has 6 heteroatoms. The molecule has 116 valence electrons. The van der Waals surface area contributed by atoms with Crippen LogP contribution in [0.15, 0.2) is 0 Å². The number of rotatable bonds is 4. The van der Waals surface area contributed by atoms with E-state index >= 15 is 0 Å². The monoisotopic (exact) mass is 286 g/mol. The van der Waals surface area contributed by atoms with E-state index in [0.717, 1.165) is 0 Å². The zero-order chi connectivity index (χ0) is 15.6. The van der Waals surface area contributed by atoms with Crippen LogP contribution in [0.2, 0.25) is 0 Å². The molecule has 0 aromatic rings. The molecular weight excluding hydrogens is 260 g/mol. The number of nitrogens with zero attached hydrogens (tertiary/aromatic N) is 2. The van der Waals surface area contributed by atoms with Crippen molar-refractivity contribution in [2.45, 2.75) is 46.1 Å². The molecule has 0 spiro atoms. The Bertz CT molecular complexity index is 368. The van der Waals surface area contributed by atoms with Gasteiger partial charge in [-0.1, -0.05) is 0 Å². The standard InChI is InChI=1S/C14H26N2O4/c1-5-15(10-13(2,3)20)12(19)16-8-6-14(4,7-9-16)11(17)18/h20H,5-10H2,1-4H3,(H,17,18). The predicted molar refractivity (Wildman–Crippen MR) is 75.5 cm³/mol. The van der Waals surface area contributed by atoms with E-state index in [4.69, 9.17) is 0 Å². The van der Waals surface area contributed by atoms with Crippen molar-refractivity contribution in [2.75, 3.05) is 26.2 Å².